The Morgan fingerprint density at radius 2 is 1.96 bits per heavy atom. The van der Waals surface area contributed by atoms with Crippen LogP contribution in [0.15, 0.2) is 29.1 Å². The average Bonchev–Trinajstić information content (AvgIpc) is 2.62. The number of hydrogen-bond donors (Lipinski definition) is 3. The highest BCUT2D eigenvalue weighted by Crippen LogP contribution is 2.25. The summed E-state index contributed by atoms with van der Waals surface area (Å²) in [6.07, 6.45) is 0. The van der Waals surface area contributed by atoms with Gasteiger partial charge in [0.15, 0.2) is 5.75 Å². The first-order valence-electron chi connectivity index (χ1n) is 8.19. The fraction of sp³-hybridized carbons (Fsp3) is 0.294. The van der Waals surface area contributed by atoms with Gasteiger partial charge in [-0.25, -0.2) is 4.68 Å². The van der Waals surface area contributed by atoms with E-state index in [1.54, 1.807) is 19.9 Å². The van der Waals surface area contributed by atoms with E-state index in [4.69, 9.17) is 5.11 Å². The maximum absolute atomic E-state index is 12.7. The molecule has 0 saturated heterocycles. The number of para-hydroxylation sites is 1. The molecule has 0 radical (unpaired) electrons. The number of carboxylic acids is 1. The molecule has 1 aromatic carbocycles. The first-order chi connectivity index (χ1) is 13.1. The van der Waals surface area contributed by atoms with Gasteiger partial charge in [0, 0.05) is 12.0 Å². The Morgan fingerprint density at radius 1 is 1.32 bits per heavy atom. The number of aliphatic carboxylic acids is 1. The molecular formula is C17H18N4O7. The summed E-state index contributed by atoms with van der Waals surface area (Å²) in [5, 5.41) is 36.3. The minimum atomic E-state index is -1.33. The number of carboxylic acid groups (broad SMARTS) is 1. The summed E-state index contributed by atoms with van der Waals surface area (Å²) in [6, 6.07) is 5.74. The van der Waals surface area contributed by atoms with Gasteiger partial charge in [0.25, 0.3) is 17.2 Å². The van der Waals surface area contributed by atoms with E-state index in [9.17, 15) is 29.6 Å². The van der Waals surface area contributed by atoms with Gasteiger partial charge in [-0.05, 0) is 0 Å². The van der Waals surface area contributed by atoms with Crippen molar-refractivity contribution in [2.45, 2.75) is 26.3 Å². The van der Waals surface area contributed by atoms with Crippen molar-refractivity contribution < 1.29 is 24.7 Å². The van der Waals surface area contributed by atoms with Crippen molar-refractivity contribution in [2.24, 2.45) is 0 Å². The van der Waals surface area contributed by atoms with Gasteiger partial charge in [-0.1, -0.05) is 32.0 Å². The van der Waals surface area contributed by atoms with Crippen LogP contribution in [0.3, 0.4) is 0 Å². The van der Waals surface area contributed by atoms with Gasteiger partial charge >= 0.3 is 5.97 Å². The first kappa shape index (κ1) is 20.6. The Labute approximate surface area is 158 Å². The standard InChI is InChI=1S/C17H18N4O7/c1-9(2)14-15(24)13(16(25)18-7-12(22)23)17(26)20(19-14)8-10-5-3-4-6-11(10)21(27)28/h3-6,9,24H,7-8H2,1-2H3,(H,18,25)(H,22,23). The molecule has 11 nitrogen and oxygen atoms in total. The second-order valence-corrected chi connectivity index (χ2v) is 6.19. The number of rotatable bonds is 7. The minimum absolute atomic E-state index is 0.0265. The van der Waals surface area contributed by atoms with E-state index >= 15 is 0 Å². The van der Waals surface area contributed by atoms with Gasteiger partial charge in [0.05, 0.1) is 17.0 Å². The van der Waals surface area contributed by atoms with E-state index < -0.39 is 40.2 Å². The van der Waals surface area contributed by atoms with Crippen molar-refractivity contribution in [3.05, 3.63) is 61.6 Å². The zero-order chi connectivity index (χ0) is 21.0. The van der Waals surface area contributed by atoms with Crippen LogP contribution in [0.2, 0.25) is 0 Å². The Hall–Kier alpha value is -3.76. The number of amides is 1. The molecule has 2 rings (SSSR count). The molecule has 3 N–H and O–H groups in total. The third-order valence-electron chi connectivity index (χ3n) is 3.84. The van der Waals surface area contributed by atoms with Gasteiger partial charge in [-0.3, -0.25) is 24.5 Å². The third kappa shape index (κ3) is 4.31. The van der Waals surface area contributed by atoms with Gasteiger partial charge < -0.3 is 15.5 Å². The van der Waals surface area contributed by atoms with Crippen LogP contribution < -0.4 is 10.9 Å². The predicted molar refractivity (Wildman–Crippen MR) is 96.4 cm³/mol. The molecule has 0 spiro atoms. The Kier molecular flexibility index (Phi) is 6.08. The number of hydrogen-bond acceptors (Lipinski definition) is 7. The highest BCUT2D eigenvalue weighted by Gasteiger charge is 2.25. The summed E-state index contributed by atoms with van der Waals surface area (Å²) in [5.41, 5.74) is -1.69. The fourth-order valence-corrected chi connectivity index (χ4v) is 2.51. The first-order valence-corrected chi connectivity index (χ1v) is 8.19. The van der Waals surface area contributed by atoms with E-state index in [1.807, 2.05) is 5.32 Å². The second-order valence-electron chi connectivity index (χ2n) is 6.19. The lowest BCUT2D eigenvalue weighted by molar-refractivity contribution is -0.385. The van der Waals surface area contributed by atoms with Crippen molar-refractivity contribution in [3.8, 4) is 5.75 Å². The molecule has 0 bridgehead atoms. The normalized spacial score (nSPS) is 10.7. The Balaban J connectivity index is 2.60. The summed E-state index contributed by atoms with van der Waals surface area (Å²) in [4.78, 5) is 46.2. The molecule has 28 heavy (non-hydrogen) atoms. The Morgan fingerprint density at radius 3 is 2.54 bits per heavy atom. The smallest absolute Gasteiger partial charge is 0.322 e. The van der Waals surface area contributed by atoms with Crippen LogP contribution in [0, 0.1) is 10.1 Å². The van der Waals surface area contributed by atoms with Crippen molar-refractivity contribution >= 4 is 17.6 Å². The average molecular weight is 390 g/mol. The lowest BCUT2D eigenvalue weighted by Crippen LogP contribution is -2.37. The van der Waals surface area contributed by atoms with E-state index in [2.05, 4.69) is 5.10 Å². The van der Waals surface area contributed by atoms with Gasteiger partial charge in [-0.2, -0.15) is 5.10 Å². The maximum Gasteiger partial charge on any atom is 0.322 e. The fourth-order valence-electron chi connectivity index (χ4n) is 2.51. The quantitative estimate of drug-likeness (QED) is 0.462. The molecule has 0 aliphatic carbocycles. The number of aromatic nitrogens is 2. The monoisotopic (exact) mass is 390 g/mol. The van der Waals surface area contributed by atoms with Crippen LogP contribution in [0.4, 0.5) is 5.69 Å². The molecule has 0 atom stereocenters. The molecule has 2 aromatic rings. The van der Waals surface area contributed by atoms with Crippen LogP contribution in [-0.2, 0) is 11.3 Å². The SMILES string of the molecule is CC(C)c1nn(Cc2ccccc2[N+](=O)[O-])c(=O)c(C(=O)NCC(=O)O)c1O. The molecular weight excluding hydrogens is 372 g/mol. The van der Waals surface area contributed by atoms with Crippen LogP contribution in [-0.4, -0.2) is 43.3 Å². The van der Waals surface area contributed by atoms with Gasteiger partial charge in [-0.15, -0.1) is 0 Å². The molecule has 11 heteroatoms. The number of carbonyl (C=O) groups is 2. The van der Waals surface area contributed by atoms with Crippen LogP contribution in [0.25, 0.3) is 0 Å². The maximum atomic E-state index is 12.7. The highest BCUT2D eigenvalue weighted by molar-refractivity contribution is 5.98. The third-order valence-corrected chi connectivity index (χ3v) is 3.84. The van der Waals surface area contributed by atoms with Gasteiger partial charge in [0.2, 0.25) is 0 Å². The molecule has 1 heterocycles. The number of nitrogens with one attached hydrogen (secondary N) is 1. The zero-order valence-corrected chi connectivity index (χ0v) is 15.1. The minimum Gasteiger partial charge on any atom is -0.505 e. The molecule has 0 unspecified atom stereocenters. The van der Waals surface area contributed by atoms with E-state index in [0.29, 0.717) is 0 Å². The van der Waals surface area contributed by atoms with E-state index in [0.717, 1.165) is 4.68 Å². The summed E-state index contributed by atoms with van der Waals surface area (Å²) in [7, 11) is 0. The van der Waals surface area contributed by atoms with Crippen molar-refractivity contribution in [2.75, 3.05) is 6.54 Å². The topological polar surface area (TPSA) is 165 Å². The van der Waals surface area contributed by atoms with Gasteiger partial charge in [0.1, 0.15) is 17.8 Å². The number of carbonyl (C=O) groups excluding carboxylic acids is 1. The molecule has 0 aliphatic heterocycles. The summed E-state index contributed by atoms with van der Waals surface area (Å²) >= 11 is 0. The Bertz CT molecular complexity index is 997. The number of nitro benzene ring substituents is 1. The number of nitro groups is 1. The molecule has 0 aliphatic rings. The summed E-state index contributed by atoms with van der Waals surface area (Å²) in [5.74, 6) is -3.44. The van der Waals surface area contributed by atoms with Crippen molar-refractivity contribution in [3.63, 3.8) is 0 Å². The van der Waals surface area contributed by atoms with Crippen LogP contribution in [0.1, 0.15) is 41.4 Å². The second kappa shape index (κ2) is 8.29. The summed E-state index contributed by atoms with van der Waals surface area (Å²) < 4.78 is 0.840. The molecule has 1 amide bonds. The number of benzene rings is 1. The van der Waals surface area contributed by atoms with Crippen LogP contribution >= 0.6 is 0 Å². The summed E-state index contributed by atoms with van der Waals surface area (Å²) in [6.45, 7) is 2.28. The lowest BCUT2D eigenvalue weighted by atomic mass is 10.1. The largest absolute Gasteiger partial charge is 0.505 e. The molecule has 0 saturated carbocycles. The zero-order valence-electron chi connectivity index (χ0n) is 15.1. The number of nitrogens with zero attached hydrogens (tertiary/aromatic N) is 3. The van der Waals surface area contributed by atoms with Crippen molar-refractivity contribution in [1.82, 2.24) is 15.1 Å². The lowest BCUT2D eigenvalue weighted by Gasteiger charge is -2.15. The number of aromatic hydroxyl groups is 1. The van der Waals surface area contributed by atoms with E-state index in [1.165, 1.54) is 18.2 Å². The molecule has 1 aromatic heterocycles. The highest BCUT2D eigenvalue weighted by atomic mass is 16.6. The predicted octanol–water partition coefficient (Wildman–Crippen LogP) is 0.843. The van der Waals surface area contributed by atoms with Crippen molar-refractivity contribution in [1.29, 1.82) is 0 Å². The van der Waals surface area contributed by atoms with Crippen LogP contribution in [0.5, 0.6) is 5.75 Å². The van der Waals surface area contributed by atoms with E-state index in [-0.39, 0.29) is 29.4 Å². The molecule has 0 fully saturated rings. The molecule has 148 valence electrons.